The van der Waals surface area contributed by atoms with Gasteiger partial charge in [-0.25, -0.2) is 0 Å². The molecule has 0 aliphatic carbocycles. The van der Waals surface area contributed by atoms with Crippen LogP contribution in [0.5, 0.6) is 23.0 Å². The fourth-order valence-electron chi connectivity index (χ4n) is 5.77. The van der Waals surface area contributed by atoms with E-state index in [4.69, 9.17) is 14.2 Å². The third kappa shape index (κ3) is 6.33. The molecule has 2 heterocycles. The van der Waals surface area contributed by atoms with Crippen molar-refractivity contribution in [2.24, 2.45) is 0 Å². The Labute approximate surface area is 290 Å². The first-order chi connectivity index (χ1) is 23.9. The van der Waals surface area contributed by atoms with E-state index in [-0.39, 0.29) is 22.0 Å². The van der Waals surface area contributed by atoms with E-state index in [2.05, 4.69) is 34.5 Å². The number of anilines is 1. The summed E-state index contributed by atoms with van der Waals surface area (Å²) in [6.45, 7) is 0. The number of para-hydroxylation sites is 1. The summed E-state index contributed by atoms with van der Waals surface area (Å²) in [5, 5.41) is 23.0. The number of carbonyl (C=O) groups is 2. The van der Waals surface area contributed by atoms with Crippen molar-refractivity contribution in [3.05, 3.63) is 138 Å². The number of aliphatic hydroxyl groups is 1. The summed E-state index contributed by atoms with van der Waals surface area (Å²) in [5.74, 6) is 0.499. The van der Waals surface area contributed by atoms with Crippen molar-refractivity contribution in [2.45, 2.75) is 16.1 Å². The predicted molar refractivity (Wildman–Crippen MR) is 191 cm³/mol. The van der Waals surface area contributed by atoms with Crippen LogP contribution in [0, 0.1) is 0 Å². The first kappa shape index (κ1) is 31.9. The molecule has 1 atom stereocenters. The molecule has 9 nitrogen and oxygen atoms in total. The molecule has 1 saturated heterocycles. The number of aliphatic hydroxyl groups excluding tert-OH is 1. The molecular formula is C38H29N3O6S2. The van der Waals surface area contributed by atoms with Gasteiger partial charge in [-0.2, -0.15) is 0 Å². The van der Waals surface area contributed by atoms with E-state index in [1.165, 1.54) is 42.2 Å². The number of ether oxygens (including phenoxy) is 3. The number of benzene rings is 5. The Morgan fingerprint density at radius 1 is 0.816 bits per heavy atom. The van der Waals surface area contributed by atoms with Gasteiger partial charge in [0.15, 0.2) is 15.8 Å². The molecule has 244 valence electrons. The van der Waals surface area contributed by atoms with Gasteiger partial charge < -0.3 is 19.3 Å². The summed E-state index contributed by atoms with van der Waals surface area (Å²) < 4.78 is 17.5. The minimum Gasteiger partial charge on any atom is -0.507 e. The van der Waals surface area contributed by atoms with E-state index in [0.717, 1.165) is 16.3 Å². The Kier molecular flexibility index (Phi) is 9.01. The maximum absolute atomic E-state index is 13.9. The van der Waals surface area contributed by atoms with Gasteiger partial charge in [-0.05, 0) is 64.4 Å². The molecule has 6 aromatic rings. The maximum atomic E-state index is 13.9. The molecule has 7 rings (SSSR count). The van der Waals surface area contributed by atoms with Crippen LogP contribution in [0.15, 0.2) is 125 Å². The fourth-order valence-corrected chi connectivity index (χ4v) is 7.64. The van der Waals surface area contributed by atoms with Gasteiger partial charge in [0, 0.05) is 11.3 Å². The highest BCUT2D eigenvalue weighted by Crippen LogP contribution is 2.45. The van der Waals surface area contributed by atoms with Crippen molar-refractivity contribution >= 4 is 56.5 Å². The van der Waals surface area contributed by atoms with Crippen LogP contribution in [0.1, 0.15) is 22.7 Å². The van der Waals surface area contributed by atoms with Gasteiger partial charge in [0.1, 0.15) is 17.3 Å². The molecule has 1 aromatic heterocycles. The van der Waals surface area contributed by atoms with E-state index < -0.39 is 17.7 Å². The standard InChI is InChI=1S/C38H29N3O6S2/c1-45-30-19-18-25(21-31(30)46-2)34(42)32-33(24-12-9-16-28(20-24)47-27-14-4-3-5-15-27)41(36(44)35(32)43)37-39-40-38(49-37)48-22-26-13-8-11-23-10-6-7-17-29(23)26/h3-21,33,42H,22H2,1-2H3/b34-32+. The van der Waals surface area contributed by atoms with Crippen molar-refractivity contribution in [1.82, 2.24) is 10.2 Å². The highest BCUT2D eigenvalue weighted by Gasteiger charge is 2.48. The summed E-state index contributed by atoms with van der Waals surface area (Å²) in [6.07, 6.45) is 0. The third-order valence-electron chi connectivity index (χ3n) is 8.09. The van der Waals surface area contributed by atoms with Crippen LogP contribution in [0.3, 0.4) is 0 Å². The summed E-state index contributed by atoms with van der Waals surface area (Å²) in [4.78, 5) is 29.0. The average molecular weight is 688 g/mol. The van der Waals surface area contributed by atoms with E-state index >= 15 is 0 Å². The highest BCUT2D eigenvalue weighted by atomic mass is 32.2. The zero-order valence-corrected chi connectivity index (χ0v) is 28.0. The van der Waals surface area contributed by atoms with E-state index in [9.17, 15) is 14.7 Å². The molecule has 49 heavy (non-hydrogen) atoms. The summed E-state index contributed by atoms with van der Waals surface area (Å²) in [5.41, 5.74) is 1.86. The van der Waals surface area contributed by atoms with Crippen molar-refractivity contribution in [1.29, 1.82) is 0 Å². The van der Waals surface area contributed by atoms with Crippen LogP contribution < -0.4 is 19.1 Å². The molecule has 5 aromatic carbocycles. The molecule has 0 bridgehead atoms. The van der Waals surface area contributed by atoms with E-state index in [1.54, 1.807) is 42.5 Å². The number of ketones is 1. The normalized spacial score (nSPS) is 15.5. The average Bonchev–Trinajstić information content (AvgIpc) is 3.71. The topological polar surface area (TPSA) is 111 Å². The van der Waals surface area contributed by atoms with Gasteiger partial charge in [0.2, 0.25) is 5.13 Å². The minimum absolute atomic E-state index is 0.103. The van der Waals surface area contributed by atoms with Gasteiger partial charge in [0.05, 0.1) is 25.8 Å². The number of hydrogen-bond donors (Lipinski definition) is 1. The van der Waals surface area contributed by atoms with Gasteiger partial charge in [-0.1, -0.05) is 95.9 Å². The molecule has 0 radical (unpaired) electrons. The Morgan fingerprint density at radius 3 is 2.37 bits per heavy atom. The number of nitrogens with zero attached hydrogens (tertiary/aromatic N) is 3. The smallest absolute Gasteiger partial charge is 0.301 e. The van der Waals surface area contributed by atoms with E-state index in [1.807, 2.05) is 48.5 Å². The second-order valence-corrected chi connectivity index (χ2v) is 13.2. The van der Waals surface area contributed by atoms with Crippen LogP contribution >= 0.6 is 23.1 Å². The first-order valence-electron chi connectivity index (χ1n) is 15.2. The van der Waals surface area contributed by atoms with Crippen LogP contribution in [0.4, 0.5) is 5.13 Å². The van der Waals surface area contributed by atoms with Crippen molar-refractivity contribution in [3.8, 4) is 23.0 Å². The van der Waals surface area contributed by atoms with Crippen LogP contribution in [0.25, 0.3) is 16.5 Å². The second-order valence-electron chi connectivity index (χ2n) is 11.0. The van der Waals surface area contributed by atoms with Gasteiger partial charge in [0.25, 0.3) is 5.78 Å². The van der Waals surface area contributed by atoms with Crippen LogP contribution in [-0.2, 0) is 15.3 Å². The quantitative estimate of drug-likeness (QED) is 0.0499. The number of Topliss-reactive ketones (excluding diaryl/α,β-unsaturated/α-hetero) is 1. The molecule has 0 saturated carbocycles. The molecule has 0 spiro atoms. The largest absolute Gasteiger partial charge is 0.507 e. The lowest BCUT2D eigenvalue weighted by atomic mass is 9.95. The Morgan fingerprint density at radius 2 is 1.55 bits per heavy atom. The number of amides is 1. The Bertz CT molecular complexity index is 2210. The van der Waals surface area contributed by atoms with Crippen molar-refractivity contribution in [3.63, 3.8) is 0 Å². The Balaban J connectivity index is 1.28. The SMILES string of the molecule is COc1ccc(/C(O)=C2\C(=O)C(=O)N(c3nnc(SCc4cccc5ccccc45)s3)C2c2cccc(Oc3ccccc3)c2)cc1OC. The van der Waals surface area contributed by atoms with E-state index in [0.29, 0.717) is 38.7 Å². The van der Waals surface area contributed by atoms with Crippen LogP contribution in [0.2, 0.25) is 0 Å². The summed E-state index contributed by atoms with van der Waals surface area (Å²) in [7, 11) is 2.98. The number of aromatic nitrogens is 2. The Hall–Kier alpha value is -5.65. The predicted octanol–water partition coefficient (Wildman–Crippen LogP) is 8.42. The summed E-state index contributed by atoms with van der Waals surface area (Å²) >= 11 is 2.71. The lowest BCUT2D eigenvalue weighted by molar-refractivity contribution is -0.132. The summed E-state index contributed by atoms with van der Waals surface area (Å²) in [6, 6.07) is 34.5. The number of methoxy groups -OCH3 is 2. The van der Waals surface area contributed by atoms with Gasteiger partial charge in [-0.3, -0.25) is 14.5 Å². The van der Waals surface area contributed by atoms with Crippen molar-refractivity contribution in [2.75, 3.05) is 19.1 Å². The van der Waals surface area contributed by atoms with Gasteiger partial charge >= 0.3 is 5.91 Å². The monoisotopic (exact) mass is 687 g/mol. The number of fused-ring (bicyclic) bond motifs is 1. The molecule has 1 aliphatic rings. The second kappa shape index (κ2) is 13.8. The molecule has 1 unspecified atom stereocenters. The zero-order chi connectivity index (χ0) is 33.9. The molecule has 1 amide bonds. The minimum atomic E-state index is -1.03. The third-order valence-corrected chi connectivity index (χ3v) is 10.2. The zero-order valence-electron chi connectivity index (χ0n) is 26.4. The van der Waals surface area contributed by atoms with Gasteiger partial charge in [-0.15, -0.1) is 10.2 Å². The van der Waals surface area contributed by atoms with Crippen LogP contribution in [-0.4, -0.2) is 41.2 Å². The lowest BCUT2D eigenvalue weighted by Gasteiger charge is -2.23. The first-order valence-corrected chi connectivity index (χ1v) is 17.0. The maximum Gasteiger partial charge on any atom is 0.301 e. The molecule has 1 N–H and O–H groups in total. The molecule has 11 heteroatoms. The fraction of sp³-hybridized carbons (Fsp3) is 0.105. The number of carbonyl (C=O) groups excluding carboxylic acids is 2. The molecule has 1 fully saturated rings. The number of thioether (sulfide) groups is 1. The molecule has 1 aliphatic heterocycles. The highest BCUT2D eigenvalue weighted by molar-refractivity contribution is 8.00. The van der Waals surface area contributed by atoms with Crippen molar-refractivity contribution < 1.29 is 28.9 Å². The molecular weight excluding hydrogens is 659 g/mol. The number of hydrogen-bond acceptors (Lipinski definition) is 10. The number of rotatable bonds is 10. The lowest BCUT2D eigenvalue weighted by Crippen LogP contribution is -2.29.